The lowest BCUT2D eigenvalue weighted by molar-refractivity contribution is -0.118. The van der Waals surface area contributed by atoms with Gasteiger partial charge in [-0.05, 0) is 41.0 Å². The highest BCUT2D eigenvalue weighted by atomic mass is 79.9. The van der Waals surface area contributed by atoms with E-state index in [1.165, 1.54) is 0 Å². The molecule has 3 N–H and O–H groups in total. The molecule has 0 bridgehead atoms. The van der Waals surface area contributed by atoms with Crippen molar-refractivity contribution in [1.82, 2.24) is 5.32 Å². The molecule has 0 unspecified atom stereocenters. The van der Waals surface area contributed by atoms with E-state index in [0.717, 1.165) is 23.4 Å². The number of furan rings is 1. The minimum Gasteiger partial charge on any atom is -0.453 e. The van der Waals surface area contributed by atoms with Gasteiger partial charge in [-0.2, -0.15) is 0 Å². The summed E-state index contributed by atoms with van der Waals surface area (Å²) in [5, 5.41) is 3.15. The number of hydrogen-bond donors (Lipinski definition) is 2. The lowest BCUT2D eigenvalue weighted by Crippen LogP contribution is -2.17. The van der Waals surface area contributed by atoms with Gasteiger partial charge in [0.1, 0.15) is 5.76 Å². The van der Waals surface area contributed by atoms with Gasteiger partial charge in [0.05, 0.1) is 6.54 Å². The highest BCUT2D eigenvalue weighted by molar-refractivity contribution is 9.10. The fourth-order valence-electron chi connectivity index (χ4n) is 1.05. The molecular weight excluding hydrogens is 248 g/mol. The molecule has 1 aromatic rings. The normalized spacial score (nSPS) is 10.4. The van der Waals surface area contributed by atoms with Crippen molar-refractivity contribution in [2.75, 3.05) is 6.54 Å². The zero-order valence-corrected chi connectivity index (χ0v) is 9.34. The Morgan fingerprint density at radius 3 is 2.93 bits per heavy atom. The first kappa shape index (κ1) is 11.3. The second-order valence-electron chi connectivity index (χ2n) is 2.95. The van der Waals surface area contributed by atoms with Gasteiger partial charge in [0.2, 0.25) is 5.91 Å². The second kappa shape index (κ2) is 5.82. The number of hydrogen-bond acceptors (Lipinski definition) is 3. The van der Waals surface area contributed by atoms with Crippen molar-refractivity contribution in [1.29, 1.82) is 0 Å². The summed E-state index contributed by atoms with van der Waals surface area (Å²) >= 11 is 3.22. The Labute approximate surface area is 91.0 Å². The Morgan fingerprint density at radius 1 is 1.57 bits per heavy atom. The maximum Gasteiger partial charge on any atom is 0.217 e. The molecule has 5 heteroatoms. The van der Waals surface area contributed by atoms with Crippen LogP contribution in [0.15, 0.2) is 21.2 Å². The van der Waals surface area contributed by atoms with E-state index in [4.69, 9.17) is 10.2 Å². The van der Waals surface area contributed by atoms with Gasteiger partial charge in [0.25, 0.3) is 0 Å². The van der Waals surface area contributed by atoms with Crippen LogP contribution in [0.4, 0.5) is 0 Å². The maximum absolute atomic E-state index is 10.4. The first-order chi connectivity index (χ1) is 6.68. The first-order valence-corrected chi connectivity index (χ1v) is 5.21. The van der Waals surface area contributed by atoms with Crippen LogP contribution in [0.5, 0.6) is 0 Å². The summed E-state index contributed by atoms with van der Waals surface area (Å²) in [7, 11) is 0. The Kier molecular flexibility index (Phi) is 4.69. The molecule has 1 aromatic heterocycles. The zero-order valence-electron chi connectivity index (χ0n) is 7.75. The quantitative estimate of drug-likeness (QED) is 0.760. The number of halogens is 1. The maximum atomic E-state index is 10.4. The van der Waals surface area contributed by atoms with Crippen molar-refractivity contribution in [3.05, 3.63) is 22.6 Å². The van der Waals surface area contributed by atoms with E-state index in [2.05, 4.69) is 21.2 Å². The predicted molar refractivity (Wildman–Crippen MR) is 56.5 cm³/mol. The molecule has 0 fully saturated rings. The third kappa shape index (κ3) is 4.43. The number of rotatable bonds is 6. The van der Waals surface area contributed by atoms with Crippen LogP contribution in [-0.4, -0.2) is 12.5 Å². The molecule has 0 aromatic carbocycles. The fourth-order valence-corrected chi connectivity index (χ4v) is 1.39. The van der Waals surface area contributed by atoms with E-state index in [0.29, 0.717) is 13.0 Å². The van der Waals surface area contributed by atoms with Crippen LogP contribution in [0.1, 0.15) is 18.6 Å². The van der Waals surface area contributed by atoms with Crippen LogP contribution in [-0.2, 0) is 11.3 Å². The molecule has 0 saturated heterocycles. The number of carbonyl (C=O) groups is 1. The molecule has 1 amide bonds. The van der Waals surface area contributed by atoms with Crippen molar-refractivity contribution < 1.29 is 9.21 Å². The molecule has 0 aliphatic rings. The SMILES string of the molecule is NC(=O)CCCNCc1ccc(Br)o1. The van der Waals surface area contributed by atoms with Gasteiger partial charge in [-0.3, -0.25) is 4.79 Å². The molecule has 4 nitrogen and oxygen atoms in total. The van der Waals surface area contributed by atoms with Crippen LogP contribution >= 0.6 is 15.9 Å². The molecule has 14 heavy (non-hydrogen) atoms. The smallest absolute Gasteiger partial charge is 0.217 e. The first-order valence-electron chi connectivity index (χ1n) is 4.41. The zero-order chi connectivity index (χ0) is 10.4. The van der Waals surface area contributed by atoms with Crippen LogP contribution in [0, 0.1) is 0 Å². The van der Waals surface area contributed by atoms with Crippen molar-refractivity contribution in [2.45, 2.75) is 19.4 Å². The molecule has 1 rings (SSSR count). The fraction of sp³-hybridized carbons (Fsp3) is 0.444. The van der Waals surface area contributed by atoms with Gasteiger partial charge >= 0.3 is 0 Å². The third-order valence-corrected chi connectivity index (χ3v) is 2.13. The molecule has 78 valence electrons. The lowest BCUT2D eigenvalue weighted by atomic mass is 10.3. The number of primary amides is 1. The summed E-state index contributed by atoms with van der Waals surface area (Å²) in [5.41, 5.74) is 5.00. The van der Waals surface area contributed by atoms with E-state index in [-0.39, 0.29) is 5.91 Å². The van der Waals surface area contributed by atoms with E-state index in [1.54, 1.807) is 0 Å². The molecule has 0 atom stereocenters. The highest BCUT2D eigenvalue weighted by Gasteiger charge is 1.98. The van der Waals surface area contributed by atoms with E-state index in [9.17, 15) is 4.79 Å². The molecule has 1 heterocycles. The number of carbonyl (C=O) groups excluding carboxylic acids is 1. The van der Waals surface area contributed by atoms with Crippen LogP contribution in [0.2, 0.25) is 0 Å². The van der Waals surface area contributed by atoms with E-state index in [1.807, 2.05) is 12.1 Å². The molecule has 0 radical (unpaired) electrons. The third-order valence-electron chi connectivity index (χ3n) is 1.70. The lowest BCUT2D eigenvalue weighted by Gasteiger charge is -2.00. The molecule has 0 aliphatic carbocycles. The minimum absolute atomic E-state index is 0.257. The number of nitrogens with two attached hydrogens (primary N) is 1. The van der Waals surface area contributed by atoms with Gasteiger partial charge in [-0.15, -0.1) is 0 Å². The van der Waals surface area contributed by atoms with Crippen molar-refractivity contribution in [3.8, 4) is 0 Å². The van der Waals surface area contributed by atoms with Gasteiger partial charge in [0, 0.05) is 6.42 Å². The molecule has 0 saturated carbocycles. The van der Waals surface area contributed by atoms with Crippen molar-refractivity contribution in [2.24, 2.45) is 5.73 Å². The summed E-state index contributed by atoms with van der Waals surface area (Å²) in [6, 6.07) is 3.74. The van der Waals surface area contributed by atoms with Gasteiger partial charge in [0.15, 0.2) is 4.67 Å². The van der Waals surface area contributed by atoms with Gasteiger partial charge < -0.3 is 15.5 Å². The summed E-state index contributed by atoms with van der Waals surface area (Å²) < 4.78 is 6.00. The average molecular weight is 261 g/mol. The van der Waals surface area contributed by atoms with Crippen molar-refractivity contribution >= 4 is 21.8 Å². The molecule has 0 spiro atoms. The summed E-state index contributed by atoms with van der Waals surface area (Å²) in [6.07, 6.45) is 1.19. The van der Waals surface area contributed by atoms with Crippen LogP contribution in [0.3, 0.4) is 0 Å². The Bertz CT molecular complexity index is 299. The van der Waals surface area contributed by atoms with Crippen LogP contribution < -0.4 is 11.1 Å². The monoisotopic (exact) mass is 260 g/mol. The predicted octanol–water partition coefficient (Wildman–Crippen LogP) is 1.40. The summed E-state index contributed by atoms with van der Waals surface area (Å²) in [5.74, 6) is 0.614. The molecular formula is C9H13BrN2O2. The Balaban J connectivity index is 2.07. The van der Waals surface area contributed by atoms with E-state index >= 15 is 0 Å². The van der Waals surface area contributed by atoms with E-state index < -0.39 is 0 Å². The summed E-state index contributed by atoms with van der Waals surface area (Å²) in [6.45, 7) is 1.44. The topological polar surface area (TPSA) is 68.3 Å². The average Bonchev–Trinajstić information content (AvgIpc) is 2.50. The number of amides is 1. The number of nitrogens with one attached hydrogen (secondary N) is 1. The standard InChI is InChI=1S/C9H13BrN2O2/c10-8-4-3-7(14-8)6-12-5-1-2-9(11)13/h3-4,12H,1-2,5-6H2,(H2,11,13). The minimum atomic E-state index is -0.257. The highest BCUT2D eigenvalue weighted by Crippen LogP contribution is 2.13. The molecule has 0 aliphatic heterocycles. The summed E-state index contributed by atoms with van der Waals surface area (Å²) in [4.78, 5) is 10.4. The van der Waals surface area contributed by atoms with Crippen molar-refractivity contribution in [3.63, 3.8) is 0 Å². The van der Waals surface area contributed by atoms with Gasteiger partial charge in [-0.1, -0.05) is 0 Å². The second-order valence-corrected chi connectivity index (χ2v) is 3.73. The Hall–Kier alpha value is -0.810. The Morgan fingerprint density at radius 2 is 2.36 bits per heavy atom. The largest absolute Gasteiger partial charge is 0.453 e. The van der Waals surface area contributed by atoms with Gasteiger partial charge in [-0.25, -0.2) is 0 Å². The van der Waals surface area contributed by atoms with Crippen LogP contribution in [0.25, 0.3) is 0 Å².